The average Bonchev–Trinajstić information content (AvgIpc) is 2.99. The lowest BCUT2D eigenvalue weighted by molar-refractivity contribution is 0.0697. The molecule has 0 amide bonds. The Kier molecular flexibility index (Phi) is 4.85. The van der Waals surface area contributed by atoms with E-state index in [2.05, 4.69) is 19.9 Å². The predicted molar refractivity (Wildman–Crippen MR) is 96.4 cm³/mol. The van der Waals surface area contributed by atoms with Gasteiger partial charge in [-0.2, -0.15) is 9.97 Å². The summed E-state index contributed by atoms with van der Waals surface area (Å²) in [6, 6.07) is 6.73. The summed E-state index contributed by atoms with van der Waals surface area (Å²) in [6.45, 7) is 6.20. The third-order valence-corrected chi connectivity index (χ3v) is 4.20. The van der Waals surface area contributed by atoms with E-state index in [0.717, 1.165) is 24.5 Å². The molecule has 0 unspecified atom stereocenters. The zero-order chi connectivity index (χ0) is 18.0. The molecule has 2 heterocycles. The quantitative estimate of drug-likeness (QED) is 0.681. The van der Waals surface area contributed by atoms with Crippen LogP contribution in [0, 0.1) is 0 Å². The average molecular weight is 360 g/mol. The highest BCUT2D eigenvalue weighted by Crippen LogP contribution is 2.24. The summed E-state index contributed by atoms with van der Waals surface area (Å²) in [4.78, 5) is 26.1. The molecule has 7 nitrogen and oxygen atoms in total. The van der Waals surface area contributed by atoms with Gasteiger partial charge in [0.2, 0.25) is 5.28 Å². The SMILES string of the molecule is CCN(CC)c1nc(Cl)nc2c1ncn2Cc1ccc(C(=O)O)cc1. The number of carbonyl (C=O) groups is 1. The third-order valence-electron chi connectivity index (χ3n) is 4.03. The number of hydrogen-bond donors (Lipinski definition) is 1. The van der Waals surface area contributed by atoms with Crippen molar-refractivity contribution < 1.29 is 9.90 Å². The first-order chi connectivity index (χ1) is 12.0. The molecule has 25 heavy (non-hydrogen) atoms. The Morgan fingerprint density at radius 1 is 1.20 bits per heavy atom. The number of benzene rings is 1. The van der Waals surface area contributed by atoms with Gasteiger partial charge >= 0.3 is 5.97 Å². The minimum Gasteiger partial charge on any atom is -0.478 e. The zero-order valence-electron chi connectivity index (χ0n) is 14.0. The van der Waals surface area contributed by atoms with Crippen molar-refractivity contribution in [3.05, 3.63) is 47.0 Å². The highest BCUT2D eigenvalue weighted by atomic mass is 35.5. The number of anilines is 1. The van der Waals surface area contributed by atoms with Crippen LogP contribution in [0.1, 0.15) is 29.8 Å². The molecule has 3 rings (SSSR count). The summed E-state index contributed by atoms with van der Waals surface area (Å²) >= 11 is 6.11. The second-order valence-electron chi connectivity index (χ2n) is 5.54. The van der Waals surface area contributed by atoms with Crippen LogP contribution in [-0.4, -0.2) is 43.7 Å². The monoisotopic (exact) mass is 359 g/mol. The van der Waals surface area contributed by atoms with Crippen molar-refractivity contribution in [2.24, 2.45) is 0 Å². The first kappa shape index (κ1) is 17.2. The Balaban J connectivity index is 1.99. The number of imidazole rings is 1. The van der Waals surface area contributed by atoms with E-state index in [9.17, 15) is 4.79 Å². The molecule has 130 valence electrons. The molecule has 0 aliphatic heterocycles. The number of nitrogens with zero attached hydrogens (tertiary/aromatic N) is 5. The van der Waals surface area contributed by atoms with Crippen LogP contribution in [-0.2, 0) is 6.54 Å². The lowest BCUT2D eigenvalue weighted by Crippen LogP contribution is -2.23. The molecular weight excluding hydrogens is 342 g/mol. The van der Waals surface area contributed by atoms with E-state index < -0.39 is 5.97 Å². The number of halogens is 1. The summed E-state index contributed by atoms with van der Waals surface area (Å²) < 4.78 is 1.88. The maximum atomic E-state index is 10.9. The molecule has 0 aliphatic carbocycles. The molecule has 0 spiro atoms. The molecular formula is C17H18ClN5O2. The summed E-state index contributed by atoms with van der Waals surface area (Å²) in [6.07, 6.45) is 1.70. The van der Waals surface area contributed by atoms with E-state index in [4.69, 9.17) is 16.7 Å². The van der Waals surface area contributed by atoms with Gasteiger partial charge in [0.1, 0.15) is 0 Å². The molecule has 0 aliphatic rings. The van der Waals surface area contributed by atoms with Gasteiger partial charge in [-0.3, -0.25) is 0 Å². The highest BCUT2D eigenvalue weighted by molar-refractivity contribution is 6.28. The molecule has 0 saturated heterocycles. The first-order valence-electron chi connectivity index (χ1n) is 7.99. The number of fused-ring (bicyclic) bond motifs is 1. The molecule has 0 atom stereocenters. The molecule has 0 fully saturated rings. The standard InChI is InChI=1S/C17H18ClN5O2/c1-3-22(4-2)14-13-15(21-17(18)20-14)23(10-19-13)9-11-5-7-12(8-6-11)16(24)25/h5-8,10H,3-4,9H2,1-2H3,(H,24,25). The van der Waals surface area contributed by atoms with E-state index in [1.54, 1.807) is 30.6 Å². The predicted octanol–water partition coefficient (Wildman–Crippen LogP) is 3.07. The molecule has 2 aromatic heterocycles. The van der Waals surface area contributed by atoms with Crippen LogP contribution in [0.25, 0.3) is 11.2 Å². The fraction of sp³-hybridized carbons (Fsp3) is 0.294. The molecule has 1 N–H and O–H groups in total. The van der Waals surface area contributed by atoms with Crippen molar-refractivity contribution in [3.8, 4) is 0 Å². The Morgan fingerprint density at radius 3 is 2.48 bits per heavy atom. The maximum absolute atomic E-state index is 10.9. The van der Waals surface area contributed by atoms with Crippen molar-refractivity contribution in [1.29, 1.82) is 0 Å². The number of carboxylic acid groups (broad SMARTS) is 1. The van der Waals surface area contributed by atoms with Gasteiger partial charge in [-0.25, -0.2) is 9.78 Å². The van der Waals surface area contributed by atoms with Crippen molar-refractivity contribution in [2.45, 2.75) is 20.4 Å². The third kappa shape index (κ3) is 3.41. The van der Waals surface area contributed by atoms with Crippen molar-refractivity contribution in [2.75, 3.05) is 18.0 Å². The molecule has 0 radical (unpaired) electrons. The van der Waals surface area contributed by atoms with Gasteiger partial charge in [-0.1, -0.05) is 12.1 Å². The highest BCUT2D eigenvalue weighted by Gasteiger charge is 2.16. The summed E-state index contributed by atoms with van der Waals surface area (Å²) in [5.74, 6) is -0.219. The molecule has 1 aromatic carbocycles. The number of rotatable bonds is 6. The minimum absolute atomic E-state index is 0.178. The minimum atomic E-state index is -0.942. The zero-order valence-corrected chi connectivity index (χ0v) is 14.7. The fourth-order valence-electron chi connectivity index (χ4n) is 2.71. The van der Waals surface area contributed by atoms with Crippen LogP contribution >= 0.6 is 11.6 Å². The Labute approximate surface area is 149 Å². The normalized spacial score (nSPS) is 11.0. The fourth-order valence-corrected chi connectivity index (χ4v) is 2.87. The first-order valence-corrected chi connectivity index (χ1v) is 8.36. The smallest absolute Gasteiger partial charge is 0.335 e. The summed E-state index contributed by atoms with van der Waals surface area (Å²) in [5, 5.41) is 9.16. The molecule has 0 bridgehead atoms. The van der Waals surface area contributed by atoms with Crippen molar-refractivity contribution in [1.82, 2.24) is 19.5 Å². The van der Waals surface area contributed by atoms with E-state index in [1.165, 1.54) is 0 Å². The second-order valence-corrected chi connectivity index (χ2v) is 5.87. The van der Waals surface area contributed by atoms with Crippen LogP contribution in [0.15, 0.2) is 30.6 Å². The van der Waals surface area contributed by atoms with Crippen LogP contribution in [0.4, 0.5) is 5.82 Å². The van der Waals surface area contributed by atoms with E-state index in [1.807, 2.05) is 18.4 Å². The van der Waals surface area contributed by atoms with Gasteiger partial charge in [0.15, 0.2) is 17.0 Å². The van der Waals surface area contributed by atoms with Gasteiger partial charge in [0.05, 0.1) is 18.4 Å². The van der Waals surface area contributed by atoms with Crippen LogP contribution in [0.3, 0.4) is 0 Å². The molecule has 8 heteroatoms. The number of carboxylic acids is 1. The summed E-state index contributed by atoms with van der Waals surface area (Å²) in [7, 11) is 0. The number of hydrogen-bond acceptors (Lipinski definition) is 5. The molecule has 3 aromatic rings. The van der Waals surface area contributed by atoms with Gasteiger partial charge in [0.25, 0.3) is 0 Å². The number of aromatic carboxylic acids is 1. The van der Waals surface area contributed by atoms with Crippen molar-refractivity contribution >= 4 is 34.6 Å². The largest absolute Gasteiger partial charge is 0.478 e. The lowest BCUT2D eigenvalue weighted by Gasteiger charge is -2.19. The van der Waals surface area contributed by atoms with Crippen LogP contribution in [0.5, 0.6) is 0 Å². The van der Waals surface area contributed by atoms with Crippen molar-refractivity contribution in [3.63, 3.8) is 0 Å². The summed E-state index contributed by atoms with van der Waals surface area (Å²) in [5.41, 5.74) is 2.57. The Hall–Kier alpha value is -2.67. The van der Waals surface area contributed by atoms with E-state index in [-0.39, 0.29) is 10.8 Å². The topological polar surface area (TPSA) is 84.1 Å². The maximum Gasteiger partial charge on any atom is 0.335 e. The van der Waals surface area contributed by atoms with Gasteiger partial charge < -0.3 is 14.6 Å². The Morgan fingerprint density at radius 2 is 1.88 bits per heavy atom. The lowest BCUT2D eigenvalue weighted by atomic mass is 10.1. The Bertz CT molecular complexity index is 903. The van der Waals surface area contributed by atoms with Crippen LogP contribution < -0.4 is 4.90 Å². The van der Waals surface area contributed by atoms with Crippen LogP contribution in [0.2, 0.25) is 5.28 Å². The van der Waals surface area contributed by atoms with Gasteiger partial charge in [-0.15, -0.1) is 0 Å². The van der Waals surface area contributed by atoms with E-state index >= 15 is 0 Å². The van der Waals surface area contributed by atoms with Gasteiger partial charge in [-0.05, 0) is 43.1 Å². The number of aromatic nitrogens is 4. The molecule has 0 saturated carbocycles. The van der Waals surface area contributed by atoms with Gasteiger partial charge in [0, 0.05) is 13.1 Å². The van der Waals surface area contributed by atoms with E-state index in [0.29, 0.717) is 17.7 Å². The second kappa shape index (κ2) is 7.06.